The van der Waals surface area contributed by atoms with E-state index in [0.29, 0.717) is 17.6 Å². The molecule has 1 amide bonds. The molecule has 2 aliphatic carbocycles. The molecule has 0 atom stereocenters. The molecule has 1 aromatic carbocycles. The first kappa shape index (κ1) is 19.0. The van der Waals surface area contributed by atoms with Crippen LogP contribution in [-0.2, 0) is 9.53 Å². The lowest BCUT2D eigenvalue weighted by atomic mass is 9.88. The Bertz CT molecular complexity index is 801. The molecule has 0 unspecified atom stereocenters. The van der Waals surface area contributed by atoms with Crippen molar-refractivity contribution in [3.63, 3.8) is 0 Å². The number of carbonyl (C=O) groups excluding carboxylic acids is 2. The summed E-state index contributed by atoms with van der Waals surface area (Å²) in [7, 11) is 0. The Labute approximate surface area is 165 Å². The smallest absolute Gasteiger partial charge is 0.338 e. The van der Waals surface area contributed by atoms with Gasteiger partial charge in [-0.3, -0.25) is 4.79 Å². The second kappa shape index (κ2) is 8.76. The van der Waals surface area contributed by atoms with Gasteiger partial charge in [-0.15, -0.1) is 0 Å². The predicted octanol–water partition coefficient (Wildman–Crippen LogP) is 4.21. The van der Waals surface area contributed by atoms with Crippen molar-refractivity contribution >= 4 is 22.9 Å². The Kier molecular flexibility index (Phi) is 5.93. The molecule has 0 spiro atoms. The zero-order valence-corrected chi connectivity index (χ0v) is 16.4. The number of ether oxygens (including phenoxy) is 1. The van der Waals surface area contributed by atoms with Crippen molar-refractivity contribution in [3.05, 3.63) is 30.1 Å². The molecule has 28 heavy (non-hydrogen) atoms. The maximum absolute atomic E-state index is 13.1. The molecule has 2 saturated carbocycles. The Hall–Kier alpha value is -2.37. The third kappa shape index (κ3) is 4.21. The van der Waals surface area contributed by atoms with Crippen molar-refractivity contribution in [2.45, 2.75) is 76.3 Å². The first-order valence-corrected chi connectivity index (χ1v) is 10.6. The number of rotatable bonds is 5. The highest BCUT2D eigenvalue weighted by Gasteiger charge is 2.32. The topological polar surface area (TPSA) is 75.3 Å². The van der Waals surface area contributed by atoms with E-state index in [0.717, 1.165) is 36.7 Å². The van der Waals surface area contributed by atoms with Gasteiger partial charge in [0.1, 0.15) is 0 Å². The van der Waals surface area contributed by atoms with Crippen LogP contribution in [0, 0.1) is 0 Å². The molecule has 2 fully saturated rings. The summed E-state index contributed by atoms with van der Waals surface area (Å²) in [5.41, 5.74) is 2.02. The van der Waals surface area contributed by atoms with Gasteiger partial charge in [-0.25, -0.2) is 9.78 Å². The van der Waals surface area contributed by atoms with Crippen molar-refractivity contribution in [2.75, 3.05) is 6.61 Å². The van der Waals surface area contributed by atoms with E-state index in [1.807, 2.05) is 0 Å². The fourth-order valence-corrected chi connectivity index (χ4v) is 4.77. The van der Waals surface area contributed by atoms with Crippen LogP contribution < -0.4 is 0 Å². The number of aromatic amines is 1. The Balaban J connectivity index is 1.41. The molecular weight excluding hydrogens is 354 g/mol. The largest absolute Gasteiger partial charge is 0.452 e. The average molecular weight is 383 g/mol. The zero-order valence-electron chi connectivity index (χ0n) is 16.4. The van der Waals surface area contributed by atoms with Crippen LogP contribution in [0.25, 0.3) is 11.0 Å². The lowest BCUT2D eigenvalue weighted by Crippen LogP contribution is -2.50. The van der Waals surface area contributed by atoms with Crippen LogP contribution in [-0.4, -0.2) is 45.4 Å². The van der Waals surface area contributed by atoms with Crippen LogP contribution in [0.15, 0.2) is 24.5 Å². The van der Waals surface area contributed by atoms with Crippen molar-refractivity contribution in [2.24, 2.45) is 0 Å². The minimum Gasteiger partial charge on any atom is -0.452 e. The van der Waals surface area contributed by atoms with E-state index in [4.69, 9.17) is 4.74 Å². The normalized spacial score (nSPS) is 18.9. The van der Waals surface area contributed by atoms with Gasteiger partial charge in [-0.05, 0) is 43.9 Å². The number of nitrogens with zero attached hydrogens (tertiary/aromatic N) is 2. The number of fused-ring (bicyclic) bond motifs is 1. The third-order valence-electron chi connectivity index (χ3n) is 6.21. The number of imidazole rings is 1. The number of amides is 1. The molecule has 2 aliphatic rings. The summed E-state index contributed by atoms with van der Waals surface area (Å²) >= 11 is 0. The summed E-state index contributed by atoms with van der Waals surface area (Å²) in [4.78, 5) is 34.8. The molecule has 2 aromatic rings. The van der Waals surface area contributed by atoms with Crippen molar-refractivity contribution in [1.29, 1.82) is 0 Å². The fourth-order valence-electron chi connectivity index (χ4n) is 4.77. The van der Waals surface area contributed by atoms with E-state index in [1.165, 1.54) is 38.5 Å². The van der Waals surface area contributed by atoms with Crippen LogP contribution in [0.5, 0.6) is 0 Å². The number of esters is 1. The van der Waals surface area contributed by atoms with Gasteiger partial charge in [-0.2, -0.15) is 0 Å². The summed E-state index contributed by atoms with van der Waals surface area (Å²) < 4.78 is 5.41. The molecular formula is C22H29N3O3. The summed E-state index contributed by atoms with van der Waals surface area (Å²) in [5, 5.41) is 0. The first-order chi connectivity index (χ1) is 13.7. The highest BCUT2D eigenvalue weighted by atomic mass is 16.5. The molecule has 150 valence electrons. The van der Waals surface area contributed by atoms with Gasteiger partial charge in [0.25, 0.3) is 5.91 Å². The Morgan fingerprint density at radius 2 is 1.64 bits per heavy atom. The number of H-pyrrole nitrogens is 1. The standard InChI is InChI=1S/C22H29N3O3/c26-21(14-28-22(27)16-11-12-19-20(13-16)24-15-23-19)25(17-7-3-1-4-8-17)18-9-5-2-6-10-18/h11-13,15,17-18H,1-10,14H2,(H,23,24). The zero-order chi connectivity index (χ0) is 19.3. The monoisotopic (exact) mass is 383 g/mol. The van der Waals surface area contributed by atoms with Crippen molar-refractivity contribution < 1.29 is 14.3 Å². The van der Waals surface area contributed by atoms with E-state index in [1.54, 1.807) is 24.5 Å². The predicted molar refractivity (Wildman–Crippen MR) is 107 cm³/mol. The number of hydrogen-bond acceptors (Lipinski definition) is 4. The van der Waals surface area contributed by atoms with Gasteiger partial charge < -0.3 is 14.6 Å². The molecule has 1 N–H and O–H groups in total. The molecule has 0 bridgehead atoms. The Morgan fingerprint density at radius 3 is 2.29 bits per heavy atom. The van der Waals surface area contributed by atoms with Gasteiger partial charge in [0.2, 0.25) is 0 Å². The average Bonchev–Trinajstić information content (AvgIpc) is 3.22. The van der Waals surface area contributed by atoms with Crippen LogP contribution in [0.2, 0.25) is 0 Å². The van der Waals surface area contributed by atoms with Gasteiger partial charge in [0.15, 0.2) is 6.61 Å². The Morgan fingerprint density at radius 1 is 1.00 bits per heavy atom. The van der Waals surface area contributed by atoms with Crippen LogP contribution in [0.4, 0.5) is 0 Å². The molecule has 4 rings (SSSR count). The summed E-state index contributed by atoms with van der Waals surface area (Å²) in [6.07, 6.45) is 13.2. The molecule has 1 aromatic heterocycles. The van der Waals surface area contributed by atoms with Crippen molar-refractivity contribution in [3.8, 4) is 0 Å². The van der Waals surface area contributed by atoms with E-state index >= 15 is 0 Å². The van der Waals surface area contributed by atoms with Gasteiger partial charge >= 0.3 is 5.97 Å². The number of aromatic nitrogens is 2. The minimum atomic E-state index is -0.461. The van der Waals surface area contributed by atoms with Crippen LogP contribution in [0.1, 0.15) is 74.6 Å². The second-order valence-corrected chi connectivity index (χ2v) is 8.10. The minimum absolute atomic E-state index is 0.0326. The highest BCUT2D eigenvalue weighted by molar-refractivity contribution is 5.94. The highest BCUT2D eigenvalue weighted by Crippen LogP contribution is 2.30. The van der Waals surface area contributed by atoms with Gasteiger partial charge in [0, 0.05) is 12.1 Å². The van der Waals surface area contributed by atoms with E-state index in [2.05, 4.69) is 14.9 Å². The van der Waals surface area contributed by atoms with E-state index in [-0.39, 0.29) is 12.5 Å². The molecule has 0 aliphatic heterocycles. The SMILES string of the molecule is O=C(OCC(=O)N(C1CCCCC1)C1CCCCC1)c1ccc2nc[nH]c2c1. The molecule has 0 saturated heterocycles. The summed E-state index contributed by atoms with van der Waals surface area (Å²) in [6, 6.07) is 5.81. The molecule has 1 heterocycles. The quantitative estimate of drug-likeness (QED) is 0.785. The lowest BCUT2D eigenvalue weighted by molar-refractivity contribution is -0.141. The van der Waals surface area contributed by atoms with Gasteiger partial charge in [0.05, 0.1) is 22.9 Å². The maximum Gasteiger partial charge on any atom is 0.338 e. The molecule has 0 radical (unpaired) electrons. The summed E-state index contributed by atoms with van der Waals surface area (Å²) in [6.45, 7) is -0.174. The lowest BCUT2D eigenvalue weighted by Gasteiger charge is -2.41. The molecule has 6 heteroatoms. The van der Waals surface area contributed by atoms with Crippen molar-refractivity contribution in [1.82, 2.24) is 14.9 Å². The second-order valence-electron chi connectivity index (χ2n) is 8.10. The summed E-state index contributed by atoms with van der Waals surface area (Å²) in [5.74, 6) is -0.494. The van der Waals surface area contributed by atoms with Crippen LogP contribution >= 0.6 is 0 Å². The number of hydrogen-bond donors (Lipinski definition) is 1. The number of carbonyl (C=O) groups is 2. The molecule has 6 nitrogen and oxygen atoms in total. The van der Waals surface area contributed by atoms with Crippen LogP contribution in [0.3, 0.4) is 0 Å². The fraction of sp³-hybridized carbons (Fsp3) is 0.591. The van der Waals surface area contributed by atoms with E-state index < -0.39 is 5.97 Å². The maximum atomic E-state index is 13.1. The van der Waals surface area contributed by atoms with Gasteiger partial charge in [-0.1, -0.05) is 38.5 Å². The number of benzene rings is 1. The first-order valence-electron chi connectivity index (χ1n) is 10.6. The van der Waals surface area contributed by atoms with E-state index in [9.17, 15) is 9.59 Å². The number of nitrogens with one attached hydrogen (secondary N) is 1. The third-order valence-corrected chi connectivity index (χ3v) is 6.21.